The van der Waals surface area contributed by atoms with Crippen LogP contribution in [0.15, 0.2) is 18.2 Å². The minimum atomic E-state index is -0.270. The molecular weight excluding hydrogens is 245 g/mol. The van der Waals surface area contributed by atoms with Gasteiger partial charge in [-0.3, -0.25) is 0 Å². The number of aromatic amines is 1. The van der Waals surface area contributed by atoms with Gasteiger partial charge in [-0.25, -0.2) is 4.39 Å². The molecule has 1 aliphatic rings. The molecule has 5 heteroatoms. The number of rotatable bonds is 3. The molecule has 2 N–H and O–H groups in total. The zero-order valence-corrected chi connectivity index (χ0v) is 10.9. The van der Waals surface area contributed by atoms with E-state index in [4.69, 9.17) is 4.74 Å². The van der Waals surface area contributed by atoms with E-state index >= 15 is 0 Å². The molecule has 1 aromatic heterocycles. The van der Waals surface area contributed by atoms with Gasteiger partial charge in [0, 0.05) is 6.04 Å². The van der Waals surface area contributed by atoms with Gasteiger partial charge in [-0.2, -0.15) is 4.98 Å². The number of imidazole rings is 1. The lowest BCUT2D eigenvalue weighted by molar-refractivity contribution is 0.109. The van der Waals surface area contributed by atoms with Crippen LogP contribution in [0, 0.1) is 5.82 Å². The van der Waals surface area contributed by atoms with Crippen LogP contribution in [0.2, 0.25) is 0 Å². The Morgan fingerprint density at radius 2 is 2.21 bits per heavy atom. The zero-order chi connectivity index (χ0) is 13.2. The van der Waals surface area contributed by atoms with E-state index in [1.807, 2.05) is 7.05 Å². The molecule has 0 bridgehead atoms. The fourth-order valence-electron chi connectivity index (χ4n) is 2.73. The lowest BCUT2D eigenvalue weighted by atomic mass is 9.92. The Bertz CT molecular complexity index is 569. The Labute approximate surface area is 111 Å². The van der Waals surface area contributed by atoms with Gasteiger partial charge in [0.15, 0.2) is 0 Å². The zero-order valence-electron chi connectivity index (χ0n) is 10.9. The van der Waals surface area contributed by atoms with E-state index in [-0.39, 0.29) is 11.9 Å². The summed E-state index contributed by atoms with van der Waals surface area (Å²) in [6.45, 7) is 0. The summed E-state index contributed by atoms with van der Waals surface area (Å²) in [6, 6.07) is 5.34. The van der Waals surface area contributed by atoms with Gasteiger partial charge in [-0.15, -0.1) is 0 Å². The van der Waals surface area contributed by atoms with Crippen LogP contribution in [0.4, 0.5) is 4.39 Å². The van der Waals surface area contributed by atoms with Crippen molar-refractivity contribution in [2.45, 2.75) is 37.8 Å². The van der Waals surface area contributed by atoms with Crippen LogP contribution in [0.25, 0.3) is 11.0 Å². The summed E-state index contributed by atoms with van der Waals surface area (Å²) in [5, 5.41) is 3.29. The van der Waals surface area contributed by atoms with Crippen molar-refractivity contribution in [3.63, 3.8) is 0 Å². The number of ether oxygens (including phenoxy) is 1. The molecule has 2 unspecified atom stereocenters. The molecule has 0 saturated heterocycles. The topological polar surface area (TPSA) is 49.9 Å². The molecule has 102 valence electrons. The number of hydrogen-bond donors (Lipinski definition) is 2. The summed E-state index contributed by atoms with van der Waals surface area (Å²) in [5.41, 5.74) is 1.40. The van der Waals surface area contributed by atoms with Gasteiger partial charge in [-0.05, 0) is 44.5 Å². The maximum Gasteiger partial charge on any atom is 0.294 e. The van der Waals surface area contributed by atoms with Crippen LogP contribution >= 0.6 is 0 Å². The molecule has 0 radical (unpaired) electrons. The van der Waals surface area contributed by atoms with Crippen molar-refractivity contribution in [2.75, 3.05) is 7.05 Å². The second-order valence-electron chi connectivity index (χ2n) is 5.04. The van der Waals surface area contributed by atoms with E-state index in [2.05, 4.69) is 15.3 Å². The maximum absolute atomic E-state index is 13.1. The quantitative estimate of drug-likeness (QED) is 0.895. The van der Waals surface area contributed by atoms with Crippen LogP contribution in [0.5, 0.6) is 6.01 Å². The third-order valence-electron chi connectivity index (χ3n) is 3.76. The summed E-state index contributed by atoms with van der Waals surface area (Å²) in [6.07, 6.45) is 4.69. The summed E-state index contributed by atoms with van der Waals surface area (Å²) in [7, 11) is 1.96. The minimum Gasteiger partial charge on any atom is -0.460 e. The number of nitrogens with zero attached hydrogens (tertiary/aromatic N) is 1. The fourth-order valence-corrected chi connectivity index (χ4v) is 2.73. The largest absolute Gasteiger partial charge is 0.460 e. The van der Waals surface area contributed by atoms with E-state index in [0.29, 0.717) is 17.6 Å². The highest BCUT2D eigenvalue weighted by atomic mass is 19.1. The molecule has 1 saturated carbocycles. The molecule has 2 atom stereocenters. The average molecular weight is 263 g/mol. The number of nitrogens with one attached hydrogen (secondary N) is 2. The third-order valence-corrected chi connectivity index (χ3v) is 3.76. The number of hydrogen-bond acceptors (Lipinski definition) is 3. The van der Waals surface area contributed by atoms with Crippen molar-refractivity contribution in [3.8, 4) is 6.01 Å². The smallest absolute Gasteiger partial charge is 0.294 e. The van der Waals surface area contributed by atoms with Gasteiger partial charge in [0.25, 0.3) is 6.01 Å². The number of halogens is 1. The van der Waals surface area contributed by atoms with Gasteiger partial charge in [0.1, 0.15) is 11.9 Å². The van der Waals surface area contributed by atoms with E-state index in [1.54, 1.807) is 6.07 Å². The van der Waals surface area contributed by atoms with Gasteiger partial charge >= 0.3 is 0 Å². The monoisotopic (exact) mass is 263 g/mol. The molecular formula is C14H18FN3O. The summed E-state index contributed by atoms with van der Waals surface area (Å²) >= 11 is 0. The lowest BCUT2D eigenvalue weighted by Crippen LogP contribution is -2.43. The molecule has 0 amide bonds. The Hall–Kier alpha value is -1.62. The van der Waals surface area contributed by atoms with Crippen molar-refractivity contribution in [2.24, 2.45) is 0 Å². The fraction of sp³-hybridized carbons (Fsp3) is 0.500. The van der Waals surface area contributed by atoms with Crippen molar-refractivity contribution < 1.29 is 9.13 Å². The second kappa shape index (κ2) is 5.17. The van der Waals surface area contributed by atoms with Crippen LogP contribution in [0.3, 0.4) is 0 Å². The second-order valence-corrected chi connectivity index (χ2v) is 5.04. The van der Waals surface area contributed by atoms with Crippen LogP contribution in [0.1, 0.15) is 25.7 Å². The SMILES string of the molecule is CNC1CCCCC1Oc1nc2ccc(F)cc2[nH]1. The van der Waals surface area contributed by atoms with Crippen LogP contribution in [-0.2, 0) is 0 Å². The molecule has 1 fully saturated rings. The molecule has 4 nitrogen and oxygen atoms in total. The Kier molecular flexibility index (Phi) is 3.38. The summed E-state index contributed by atoms with van der Waals surface area (Å²) in [4.78, 5) is 7.37. The van der Waals surface area contributed by atoms with Crippen molar-refractivity contribution in [3.05, 3.63) is 24.0 Å². The van der Waals surface area contributed by atoms with Gasteiger partial charge in [0.2, 0.25) is 0 Å². The first-order valence-electron chi connectivity index (χ1n) is 6.75. The minimum absolute atomic E-state index is 0.129. The predicted octanol–water partition coefficient (Wildman–Crippen LogP) is 2.61. The normalized spacial score (nSPS) is 23.7. The van der Waals surface area contributed by atoms with Gasteiger partial charge < -0.3 is 15.0 Å². The molecule has 1 aliphatic carbocycles. The van der Waals surface area contributed by atoms with Crippen LogP contribution < -0.4 is 10.1 Å². The highest BCUT2D eigenvalue weighted by molar-refractivity contribution is 5.75. The Morgan fingerprint density at radius 1 is 1.37 bits per heavy atom. The number of aromatic nitrogens is 2. The van der Waals surface area contributed by atoms with Gasteiger partial charge in [0.05, 0.1) is 11.0 Å². The van der Waals surface area contributed by atoms with E-state index in [1.165, 1.54) is 25.0 Å². The summed E-state index contributed by atoms with van der Waals surface area (Å²) in [5.74, 6) is -0.270. The molecule has 2 aromatic rings. The van der Waals surface area contributed by atoms with E-state index in [9.17, 15) is 4.39 Å². The average Bonchev–Trinajstić information content (AvgIpc) is 2.80. The van der Waals surface area contributed by atoms with E-state index < -0.39 is 0 Å². The first kappa shape index (κ1) is 12.4. The Balaban J connectivity index is 1.80. The number of benzene rings is 1. The summed E-state index contributed by atoms with van der Waals surface area (Å²) < 4.78 is 19.1. The molecule has 3 rings (SSSR count). The molecule has 19 heavy (non-hydrogen) atoms. The maximum atomic E-state index is 13.1. The first-order valence-corrected chi connectivity index (χ1v) is 6.75. The van der Waals surface area contributed by atoms with Gasteiger partial charge in [-0.1, -0.05) is 6.42 Å². The van der Waals surface area contributed by atoms with Crippen molar-refractivity contribution >= 4 is 11.0 Å². The molecule has 1 heterocycles. The van der Waals surface area contributed by atoms with Crippen molar-refractivity contribution in [1.82, 2.24) is 15.3 Å². The van der Waals surface area contributed by atoms with E-state index in [0.717, 1.165) is 18.4 Å². The highest BCUT2D eigenvalue weighted by Gasteiger charge is 2.26. The lowest BCUT2D eigenvalue weighted by Gasteiger charge is -2.30. The number of fused-ring (bicyclic) bond motifs is 1. The third kappa shape index (κ3) is 2.56. The standard InChI is InChI=1S/C14H18FN3O/c1-16-11-4-2-3-5-13(11)19-14-17-10-7-6-9(15)8-12(10)18-14/h6-8,11,13,16H,2-5H2,1H3,(H,17,18). The molecule has 0 spiro atoms. The predicted molar refractivity (Wildman–Crippen MR) is 71.8 cm³/mol. The Morgan fingerprint density at radius 3 is 3.05 bits per heavy atom. The highest BCUT2D eigenvalue weighted by Crippen LogP contribution is 2.24. The number of H-pyrrole nitrogens is 1. The number of likely N-dealkylation sites (N-methyl/N-ethyl adjacent to an activating group) is 1. The van der Waals surface area contributed by atoms with Crippen molar-refractivity contribution in [1.29, 1.82) is 0 Å². The first-order chi connectivity index (χ1) is 9.26. The molecule has 0 aliphatic heterocycles. The molecule has 1 aromatic carbocycles. The van der Waals surface area contributed by atoms with Crippen LogP contribution in [-0.4, -0.2) is 29.2 Å².